The summed E-state index contributed by atoms with van der Waals surface area (Å²) in [7, 11) is 3.38. The Bertz CT molecular complexity index is 780. The van der Waals surface area contributed by atoms with Crippen molar-refractivity contribution in [2.45, 2.75) is 95.3 Å². The normalized spacial score (nSPS) is 23.8. The maximum atomic E-state index is 14.2. The molecule has 1 amide bonds. The molecule has 6 heteroatoms. The predicted molar refractivity (Wildman–Crippen MR) is 131 cm³/mol. The van der Waals surface area contributed by atoms with Crippen molar-refractivity contribution in [3.05, 3.63) is 23.8 Å². The van der Waals surface area contributed by atoms with Crippen LogP contribution in [-0.2, 0) is 11.3 Å². The maximum Gasteiger partial charge on any atom is 0.240 e. The van der Waals surface area contributed by atoms with Crippen molar-refractivity contribution in [3.8, 4) is 11.5 Å². The molecule has 1 aromatic rings. The molecule has 33 heavy (non-hydrogen) atoms. The highest BCUT2D eigenvalue weighted by Gasteiger charge is 2.42. The van der Waals surface area contributed by atoms with Crippen molar-refractivity contribution in [1.82, 2.24) is 9.80 Å². The van der Waals surface area contributed by atoms with E-state index in [1.54, 1.807) is 14.2 Å². The van der Waals surface area contributed by atoms with E-state index in [1.807, 2.05) is 12.1 Å². The Morgan fingerprint density at radius 1 is 1.09 bits per heavy atom. The third kappa shape index (κ3) is 5.83. The molecule has 0 radical (unpaired) electrons. The zero-order valence-corrected chi connectivity index (χ0v) is 20.6. The summed E-state index contributed by atoms with van der Waals surface area (Å²) in [4.78, 5) is 18.9. The van der Waals surface area contributed by atoms with Gasteiger partial charge in [-0.2, -0.15) is 0 Å². The zero-order chi connectivity index (χ0) is 23.2. The van der Waals surface area contributed by atoms with Crippen molar-refractivity contribution >= 4 is 5.91 Å². The molecule has 0 bridgehead atoms. The van der Waals surface area contributed by atoms with Crippen molar-refractivity contribution in [1.29, 1.82) is 0 Å². The first-order valence-electron chi connectivity index (χ1n) is 13.1. The average molecular weight is 458 g/mol. The molecule has 0 spiro atoms. The topological polar surface area (TPSA) is 68.0 Å². The highest BCUT2D eigenvalue weighted by Crippen LogP contribution is 2.38. The summed E-state index contributed by atoms with van der Waals surface area (Å²) in [6.45, 7) is 2.35. The fraction of sp³-hybridized carbons (Fsp3) is 0.741. The van der Waals surface area contributed by atoms with Gasteiger partial charge in [0, 0.05) is 36.8 Å². The van der Waals surface area contributed by atoms with E-state index in [-0.39, 0.29) is 6.04 Å². The Labute approximate surface area is 199 Å². The number of carbonyl (C=O) groups is 1. The molecule has 0 unspecified atom stereocenters. The Kier molecular flexibility index (Phi) is 8.53. The Balaban J connectivity index is 1.57. The molecule has 184 valence electrons. The minimum atomic E-state index is -0.0727. The van der Waals surface area contributed by atoms with Crippen molar-refractivity contribution < 1.29 is 14.3 Å². The van der Waals surface area contributed by atoms with Crippen molar-refractivity contribution in [2.75, 3.05) is 27.3 Å². The van der Waals surface area contributed by atoms with Gasteiger partial charge in [-0.25, -0.2) is 0 Å². The first kappa shape index (κ1) is 24.3. The highest BCUT2D eigenvalue weighted by molar-refractivity contribution is 5.82. The molecule has 1 heterocycles. The molecule has 0 aromatic heterocycles. The summed E-state index contributed by atoms with van der Waals surface area (Å²) in [5.74, 6) is 2.69. The van der Waals surface area contributed by atoms with E-state index in [0.29, 0.717) is 30.5 Å². The number of amides is 1. The fourth-order valence-corrected chi connectivity index (χ4v) is 6.08. The molecular weight excluding hydrogens is 414 g/mol. The van der Waals surface area contributed by atoms with E-state index in [4.69, 9.17) is 15.2 Å². The molecule has 1 aromatic carbocycles. The minimum absolute atomic E-state index is 0.0727. The van der Waals surface area contributed by atoms with Gasteiger partial charge < -0.3 is 20.1 Å². The van der Waals surface area contributed by atoms with Gasteiger partial charge >= 0.3 is 0 Å². The van der Waals surface area contributed by atoms with E-state index in [1.165, 1.54) is 44.9 Å². The van der Waals surface area contributed by atoms with Gasteiger partial charge in [-0.1, -0.05) is 25.3 Å². The highest BCUT2D eigenvalue weighted by atomic mass is 16.5. The predicted octanol–water partition coefficient (Wildman–Crippen LogP) is 4.35. The molecule has 2 aliphatic carbocycles. The lowest BCUT2D eigenvalue weighted by Gasteiger charge is -2.46. The number of rotatable bonds is 11. The standard InChI is InChI=1S/C27H43N3O3/c1-32-23-15-12-21(26(18-23)33-2)19-30(22-13-14-22)25(11-5-6-16-28)27(31)29-17-7-9-20-8-3-4-10-24(20)29/h12,15,18,20,22,24-25H,3-11,13-14,16-17,19,28H2,1-2H3/t20-,24+,25-/m1/s1. The summed E-state index contributed by atoms with van der Waals surface area (Å²) >= 11 is 0. The molecule has 2 N–H and O–H groups in total. The van der Waals surface area contributed by atoms with E-state index in [0.717, 1.165) is 55.8 Å². The lowest BCUT2D eigenvalue weighted by atomic mass is 9.78. The van der Waals surface area contributed by atoms with Crippen LogP contribution in [0.2, 0.25) is 0 Å². The third-order valence-electron chi connectivity index (χ3n) is 8.01. The summed E-state index contributed by atoms with van der Waals surface area (Å²) in [6, 6.07) is 6.89. The van der Waals surface area contributed by atoms with Crippen LogP contribution in [0.3, 0.4) is 0 Å². The maximum absolute atomic E-state index is 14.2. The molecule has 3 aliphatic rings. The Morgan fingerprint density at radius 3 is 2.61 bits per heavy atom. The van der Waals surface area contributed by atoms with Crippen LogP contribution in [-0.4, -0.2) is 61.1 Å². The van der Waals surface area contributed by atoms with Crippen LogP contribution in [0, 0.1) is 5.92 Å². The van der Waals surface area contributed by atoms with Crippen molar-refractivity contribution in [3.63, 3.8) is 0 Å². The molecule has 4 rings (SSSR count). The zero-order valence-electron chi connectivity index (χ0n) is 20.6. The van der Waals surface area contributed by atoms with Gasteiger partial charge in [0.15, 0.2) is 0 Å². The summed E-state index contributed by atoms with van der Waals surface area (Å²) in [6.07, 6.45) is 12.7. The number of piperidine rings is 1. The number of nitrogens with zero attached hydrogens (tertiary/aromatic N) is 2. The molecule has 1 aliphatic heterocycles. The molecule has 3 atom stereocenters. The summed E-state index contributed by atoms with van der Waals surface area (Å²) in [5, 5.41) is 0. The van der Waals surface area contributed by atoms with Crippen LogP contribution >= 0.6 is 0 Å². The quantitative estimate of drug-likeness (QED) is 0.501. The largest absolute Gasteiger partial charge is 0.497 e. The molecular formula is C27H43N3O3. The Morgan fingerprint density at radius 2 is 1.88 bits per heavy atom. The first-order valence-corrected chi connectivity index (χ1v) is 13.1. The Hall–Kier alpha value is -1.79. The molecule has 1 saturated heterocycles. The van der Waals surface area contributed by atoms with E-state index in [9.17, 15) is 4.79 Å². The van der Waals surface area contributed by atoms with Gasteiger partial charge in [-0.05, 0) is 69.9 Å². The number of nitrogens with two attached hydrogens (primary N) is 1. The van der Waals surface area contributed by atoms with Crippen LogP contribution in [0.1, 0.15) is 76.2 Å². The van der Waals surface area contributed by atoms with E-state index < -0.39 is 0 Å². The molecule has 3 fully saturated rings. The van der Waals surface area contributed by atoms with Gasteiger partial charge in [-0.3, -0.25) is 9.69 Å². The SMILES string of the molecule is COc1ccc(CN(C2CC2)[C@H](CCCCN)C(=O)N2CCC[C@H]3CCCC[C@@H]32)c(OC)c1. The number of unbranched alkanes of at least 4 members (excludes halogenated alkanes) is 1. The average Bonchev–Trinajstić information content (AvgIpc) is 3.70. The number of benzene rings is 1. The number of hydrogen-bond donors (Lipinski definition) is 1. The van der Waals surface area contributed by atoms with Gasteiger partial charge in [0.1, 0.15) is 11.5 Å². The van der Waals surface area contributed by atoms with Crippen LogP contribution < -0.4 is 15.2 Å². The third-order valence-corrected chi connectivity index (χ3v) is 8.01. The molecule has 6 nitrogen and oxygen atoms in total. The second-order valence-corrected chi connectivity index (χ2v) is 10.2. The number of ether oxygens (including phenoxy) is 2. The molecule has 2 saturated carbocycles. The second-order valence-electron chi connectivity index (χ2n) is 10.2. The van der Waals surface area contributed by atoms with Crippen LogP contribution in [0.25, 0.3) is 0 Å². The van der Waals surface area contributed by atoms with Crippen LogP contribution in [0.4, 0.5) is 0 Å². The van der Waals surface area contributed by atoms with Gasteiger partial charge in [0.05, 0.1) is 20.3 Å². The fourth-order valence-electron chi connectivity index (χ4n) is 6.08. The number of carbonyl (C=O) groups excluding carboxylic acids is 1. The van der Waals surface area contributed by atoms with Gasteiger partial charge in [-0.15, -0.1) is 0 Å². The monoisotopic (exact) mass is 457 g/mol. The smallest absolute Gasteiger partial charge is 0.240 e. The summed E-state index contributed by atoms with van der Waals surface area (Å²) in [5.41, 5.74) is 6.94. The summed E-state index contributed by atoms with van der Waals surface area (Å²) < 4.78 is 11.1. The number of fused-ring (bicyclic) bond motifs is 1. The first-order chi connectivity index (χ1) is 16.2. The van der Waals surface area contributed by atoms with Gasteiger partial charge in [0.2, 0.25) is 5.91 Å². The lowest BCUT2D eigenvalue weighted by molar-refractivity contribution is -0.144. The number of likely N-dealkylation sites (tertiary alicyclic amines) is 1. The van der Waals surface area contributed by atoms with Crippen LogP contribution in [0.5, 0.6) is 11.5 Å². The minimum Gasteiger partial charge on any atom is -0.497 e. The number of hydrogen-bond acceptors (Lipinski definition) is 5. The number of methoxy groups -OCH3 is 2. The van der Waals surface area contributed by atoms with Gasteiger partial charge in [0.25, 0.3) is 0 Å². The van der Waals surface area contributed by atoms with Crippen molar-refractivity contribution in [2.24, 2.45) is 11.7 Å². The second kappa shape index (κ2) is 11.6. The van der Waals surface area contributed by atoms with Crippen LogP contribution in [0.15, 0.2) is 18.2 Å². The van der Waals surface area contributed by atoms with E-state index in [2.05, 4.69) is 15.9 Å². The van der Waals surface area contributed by atoms with E-state index >= 15 is 0 Å². The lowest BCUT2D eigenvalue weighted by Crippen LogP contribution is -2.56.